The number of benzene rings is 1. The molecule has 0 aliphatic heterocycles. The Hall–Kier alpha value is -2.67. The van der Waals surface area contributed by atoms with E-state index in [1.807, 2.05) is 44.2 Å². The fourth-order valence-electron chi connectivity index (χ4n) is 2.61. The maximum atomic E-state index is 12.7. The van der Waals surface area contributed by atoms with Crippen LogP contribution in [0.4, 0.5) is 0 Å². The first-order valence-corrected chi connectivity index (χ1v) is 8.49. The third-order valence-corrected chi connectivity index (χ3v) is 4.00. The van der Waals surface area contributed by atoms with E-state index in [9.17, 15) is 14.4 Å². The van der Waals surface area contributed by atoms with Crippen LogP contribution in [0.5, 0.6) is 0 Å². The van der Waals surface area contributed by atoms with Gasteiger partial charge in [-0.25, -0.2) is 5.48 Å². The lowest BCUT2D eigenvalue weighted by molar-refractivity contribution is -0.132. The summed E-state index contributed by atoms with van der Waals surface area (Å²) in [6.07, 6.45) is 0.684. The van der Waals surface area contributed by atoms with Gasteiger partial charge in [-0.15, -0.1) is 0 Å². The molecule has 1 rings (SSSR count). The Morgan fingerprint density at radius 2 is 1.73 bits per heavy atom. The van der Waals surface area contributed by atoms with E-state index >= 15 is 0 Å². The summed E-state index contributed by atoms with van der Waals surface area (Å²) in [4.78, 5) is 36.6. The van der Waals surface area contributed by atoms with Crippen molar-refractivity contribution in [2.24, 2.45) is 11.8 Å². The minimum Gasteiger partial charge on any atom is -0.357 e. The Morgan fingerprint density at radius 1 is 1.12 bits per heavy atom. The standard InChI is InChI=1S/C19H27N3O4/c1-12(2)10-15(13(3)17(23)22-26)18(24)21-16(19(25)20-4)11-14-8-6-5-7-9-14/h5-9,12,15-16,26H,3,10-11H2,1-2,4H3,(H,20,25)(H,21,24)(H,22,23)/t15-,16+/m1/s1. The van der Waals surface area contributed by atoms with Crippen LogP contribution >= 0.6 is 0 Å². The van der Waals surface area contributed by atoms with Crippen molar-refractivity contribution in [3.63, 3.8) is 0 Å². The van der Waals surface area contributed by atoms with Gasteiger partial charge >= 0.3 is 0 Å². The molecule has 7 nitrogen and oxygen atoms in total. The molecule has 4 N–H and O–H groups in total. The second-order valence-electron chi connectivity index (χ2n) is 6.51. The average Bonchev–Trinajstić information content (AvgIpc) is 2.64. The Labute approximate surface area is 153 Å². The minimum atomic E-state index is -0.843. The van der Waals surface area contributed by atoms with Crippen molar-refractivity contribution >= 4 is 17.7 Å². The van der Waals surface area contributed by atoms with Crippen molar-refractivity contribution in [3.05, 3.63) is 48.0 Å². The summed E-state index contributed by atoms with van der Waals surface area (Å²) in [5.41, 5.74) is 2.35. The van der Waals surface area contributed by atoms with E-state index in [2.05, 4.69) is 17.2 Å². The van der Waals surface area contributed by atoms with E-state index in [-0.39, 0.29) is 17.4 Å². The molecule has 0 saturated carbocycles. The third kappa shape index (κ3) is 6.33. The molecule has 0 unspecified atom stereocenters. The van der Waals surface area contributed by atoms with Gasteiger partial charge in [0.1, 0.15) is 6.04 Å². The molecule has 0 bridgehead atoms. The first kappa shape index (κ1) is 21.4. The van der Waals surface area contributed by atoms with Gasteiger partial charge in [0.05, 0.1) is 5.92 Å². The lowest BCUT2D eigenvalue weighted by atomic mass is 9.89. The average molecular weight is 361 g/mol. The summed E-state index contributed by atoms with van der Waals surface area (Å²) >= 11 is 0. The molecule has 0 spiro atoms. The van der Waals surface area contributed by atoms with Gasteiger partial charge in [-0.05, 0) is 17.9 Å². The topological polar surface area (TPSA) is 108 Å². The highest BCUT2D eigenvalue weighted by atomic mass is 16.5. The van der Waals surface area contributed by atoms with E-state index in [0.29, 0.717) is 12.8 Å². The summed E-state index contributed by atoms with van der Waals surface area (Å²) in [5.74, 6) is -2.35. The van der Waals surface area contributed by atoms with Crippen molar-refractivity contribution in [2.75, 3.05) is 7.05 Å². The summed E-state index contributed by atoms with van der Waals surface area (Å²) in [5, 5.41) is 14.1. The molecule has 7 heteroatoms. The summed E-state index contributed by atoms with van der Waals surface area (Å²) < 4.78 is 0. The van der Waals surface area contributed by atoms with Gasteiger partial charge in [0.15, 0.2) is 0 Å². The van der Waals surface area contributed by atoms with Crippen molar-refractivity contribution < 1.29 is 19.6 Å². The number of carbonyl (C=O) groups is 3. The lowest BCUT2D eigenvalue weighted by Crippen LogP contribution is -2.49. The summed E-state index contributed by atoms with van der Waals surface area (Å²) in [6.45, 7) is 7.44. The predicted octanol–water partition coefficient (Wildman–Crippen LogP) is 1.18. The number of rotatable bonds is 9. The van der Waals surface area contributed by atoms with E-state index in [1.54, 1.807) is 0 Å². The molecular weight excluding hydrogens is 334 g/mol. The third-order valence-electron chi connectivity index (χ3n) is 4.00. The normalized spacial score (nSPS) is 12.8. The van der Waals surface area contributed by atoms with Gasteiger partial charge < -0.3 is 10.6 Å². The molecule has 0 aromatic heterocycles. The fourth-order valence-corrected chi connectivity index (χ4v) is 2.61. The molecule has 1 aromatic carbocycles. The molecule has 2 atom stereocenters. The molecule has 0 saturated heterocycles. The Balaban J connectivity index is 2.97. The highest BCUT2D eigenvalue weighted by Gasteiger charge is 2.30. The largest absolute Gasteiger partial charge is 0.357 e. The van der Waals surface area contributed by atoms with Crippen molar-refractivity contribution in [3.8, 4) is 0 Å². The van der Waals surface area contributed by atoms with Crippen LogP contribution in [0.15, 0.2) is 42.5 Å². The number of nitrogens with one attached hydrogen (secondary N) is 3. The predicted molar refractivity (Wildman–Crippen MR) is 98.2 cm³/mol. The molecule has 0 aliphatic rings. The van der Waals surface area contributed by atoms with Crippen LogP contribution in [0.25, 0.3) is 0 Å². The first-order chi connectivity index (χ1) is 12.3. The van der Waals surface area contributed by atoms with Crippen LogP contribution in [-0.2, 0) is 20.8 Å². The minimum absolute atomic E-state index is 0.0472. The van der Waals surface area contributed by atoms with Crippen LogP contribution in [0.1, 0.15) is 25.8 Å². The van der Waals surface area contributed by atoms with Crippen molar-refractivity contribution in [1.29, 1.82) is 0 Å². The van der Waals surface area contributed by atoms with Gasteiger partial charge in [0.2, 0.25) is 11.8 Å². The number of hydrogen-bond donors (Lipinski definition) is 4. The second-order valence-corrected chi connectivity index (χ2v) is 6.51. The molecule has 0 radical (unpaired) electrons. The maximum absolute atomic E-state index is 12.7. The zero-order valence-corrected chi connectivity index (χ0v) is 15.4. The highest BCUT2D eigenvalue weighted by Crippen LogP contribution is 2.20. The second kappa shape index (κ2) is 10.4. The number of hydrogen-bond acceptors (Lipinski definition) is 4. The number of carbonyl (C=O) groups excluding carboxylic acids is 3. The maximum Gasteiger partial charge on any atom is 0.270 e. The molecule has 0 fully saturated rings. The Kier molecular flexibility index (Phi) is 8.51. The van der Waals surface area contributed by atoms with Crippen LogP contribution < -0.4 is 16.1 Å². The molecule has 26 heavy (non-hydrogen) atoms. The molecule has 1 aromatic rings. The van der Waals surface area contributed by atoms with Crippen molar-refractivity contribution in [2.45, 2.75) is 32.7 Å². The van der Waals surface area contributed by atoms with E-state index < -0.39 is 23.8 Å². The smallest absolute Gasteiger partial charge is 0.270 e. The summed E-state index contributed by atoms with van der Waals surface area (Å²) in [6, 6.07) is 8.53. The number of hydroxylamine groups is 1. The van der Waals surface area contributed by atoms with Crippen molar-refractivity contribution in [1.82, 2.24) is 16.1 Å². The molecule has 142 valence electrons. The van der Waals surface area contributed by atoms with E-state index in [1.165, 1.54) is 12.5 Å². The fraction of sp³-hybridized carbons (Fsp3) is 0.421. The molecular formula is C19H27N3O4. The molecule has 0 aliphatic carbocycles. The molecule has 3 amide bonds. The van der Waals surface area contributed by atoms with E-state index in [0.717, 1.165) is 5.56 Å². The Morgan fingerprint density at radius 3 is 2.23 bits per heavy atom. The zero-order valence-electron chi connectivity index (χ0n) is 15.4. The van der Waals surface area contributed by atoms with Crippen LogP contribution in [0.3, 0.4) is 0 Å². The van der Waals surface area contributed by atoms with Gasteiger partial charge in [-0.2, -0.15) is 0 Å². The first-order valence-electron chi connectivity index (χ1n) is 8.49. The molecule has 0 heterocycles. The zero-order chi connectivity index (χ0) is 19.7. The van der Waals surface area contributed by atoms with Gasteiger partial charge in [0.25, 0.3) is 5.91 Å². The number of likely N-dealkylation sites (N-methyl/N-ethyl adjacent to an activating group) is 1. The Bertz CT molecular complexity index is 643. The summed E-state index contributed by atoms with van der Waals surface area (Å²) in [7, 11) is 1.50. The van der Waals surface area contributed by atoms with Crippen LogP contribution in [0.2, 0.25) is 0 Å². The quantitative estimate of drug-likeness (QED) is 0.301. The van der Waals surface area contributed by atoms with Gasteiger partial charge in [-0.1, -0.05) is 50.8 Å². The van der Waals surface area contributed by atoms with E-state index in [4.69, 9.17) is 5.21 Å². The highest BCUT2D eigenvalue weighted by molar-refractivity contribution is 6.00. The van der Waals surface area contributed by atoms with Crippen LogP contribution in [-0.4, -0.2) is 36.0 Å². The number of amides is 3. The monoisotopic (exact) mass is 361 g/mol. The SMILES string of the molecule is C=C(C(=O)NO)[C@@H](CC(C)C)C(=O)N[C@@H](Cc1ccccc1)C(=O)NC. The van der Waals surface area contributed by atoms with Crippen LogP contribution in [0, 0.1) is 11.8 Å². The van der Waals surface area contributed by atoms with Gasteiger partial charge in [0, 0.05) is 19.0 Å². The van der Waals surface area contributed by atoms with Gasteiger partial charge in [-0.3, -0.25) is 19.6 Å². The lowest BCUT2D eigenvalue weighted by Gasteiger charge is -2.23.